The molecule has 0 aromatic carbocycles. The highest BCUT2D eigenvalue weighted by Gasteiger charge is 2.17. The van der Waals surface area contributed by atoms with Crippen LogP contribution in [0.4, 0.5) is 0 Å². The standard InChI is InChI=1S/C8H11N3OS/c9-2-1-6-5-3-13-4-7(5)11-8(12)10-6/h1-4,9H2,(H,10,11,12). The minimum atomic E-state index is -0.246. The summed E-state index contributed by atoms with van der Waals surface area (Å²) >= 11 is 1.80. The molecule has 0 unspecified atom stereocenters. The van der Waals surface area contributed by atoms with E-state index in [4.69, 9.17) is 5.73 Å². The van der Waals surface area contributed by atoms with Crippen molar-refractivity contribution >= 4 is 11.8 Å². The molecule has 70 valence electrons. The van der Waals surface area contributed by atoms with Crippen molar-refractivity contribution in [3.63, 3.8) is 0 Å². The van der Waals surface area contributed by atoms with Gasteiger partial charge < -0.3 is 10.7 Å². The molecule has 4 nitrogen and oxygen atoms in total. The van der Waals surface area contributed by atoms with Gasteiger partial charge in [0.1, 0.15) is 0 Å². The monoisotopic (exact) mass is 197 g/mol. The first-order valence-corrected chi connectivity index (χ1v) is 5.35. The minimum Gasteiger partial charge on any atom is -0.330 e. The van der Waals surface area contributed by atoms with Crippen LogP contribution in [0.1, 0.15) is 17.0 Å². The smallest absolute Gasteiger partial charge is 0.330 e. The summed E-state index contributed by atoms with van der Waals surface area (Å²) in [4.78, 5) is 17.8. The molecule has 0 fully saturated rings. The van der Waals surface area contributed by atoms with Gasteiger partial charge in [0.15, 0.2) is 0 Å². The van der Waals surface area contributed by atoms with Gasteiger partial charge in [-0.05, 0) is 6.54 Å². The van der Waals surface area contributed by atoms with Crippen molar-refractivity contribution in [3.05, 3.63) is 27.4 Å². The SMILES string of the molecule is NCCc1nc(=O)[nH]c2c1CSC2. The molecule has 5 heteroatoms. The first-order valence-electron chi connectivity index (χ1n) is 4.20. The minimum absolute atomic E-state index is 0.246. The van der Waals surface area contributed by atoms with Gasteiger partial charge in [-0.25, -0.2) is 4.79 Å². The zero-order chi connectivity index (χ0) is 9.26. The summed E-state index contributed by atoms with van der Waals surface area (Å²) in [7, 11) is 0. The van der Waals surface area contributed by atoms with Crippen LogP contribution in [-0.4, -0.2) is 16.5 Å². The molecule has 0 saturated heterocycles. The van der Waals surface area contributed by atoms with E-state index in [1.54, 1.807) is 11.8 Å². The largest absolute Gasteiger partial charge is 0.345 e. The predicted molar refractivity (Wildman–Crippen MR) is 52.6 cm³/mol. The molecule has 0 bridgehead atoms. The zero-order valence-corrected chi connectivity index (χ0v) is 7.99. The lowest BCUT2D eigenvalue weighted by Crippen LogP contribution is -2.18. The maximum absolute atomic E-state index is 11.1. The molecule has 1 aliphatic heterocycles. The fourth-order valence-electron chi connectivity index (χ4n) is 1.49. The molecule has 2 rings (SSSR count). The van der Waals surface area contributed by atoms with Crippen molar-refractivity contribution in [1.82, 2.24) is 9.97 Å². The average Bonchev–Trinajstić information content (AvgIpc) is 2.52. The number of aromatic amines is 1. The fourth-order valence-corrected chi connectivity index (χ4v) is 2.59. The van der Waals surface area contributed by atoms with Crippen LogP contribution in [0.25, 0.3) is 0 Å². The number of thioether (sulfide) groups is 1. The summed E-state index contributed by atoms with van der Waals surface area (Å²) in [5.74, 6) is 1.85. The van der Waals surface area contributed by atoms with Gasteiger partial charge in [0.25, 0.3) is 0 Å². The van der Waals surface area contributed by atoms with Crippen LogP contribution >= 0.6 is 11.8 Å². The molecule has 0 atom stereocenters. The first-order chi connectivity index (χ1) is 6.31. The summed E-state index contributed by atoms with van der Waals surface area (Å²) in [6.45, 7) is 0.549. The van der Waals surface area contributed by atoms with E-state index in [1.165, 1.54) is 5.56 Å². The summed E-state index contributed by atoms with van der Waals surface area (Å²) in [6, 6.07) is 0. The summed E-state index contributed by atoms with van der Waals surface area (Å²) < 4.78 is 0. The van der Waals surface area contributed by atoms with Crippen LogP contribution in [0, 0.1) is 0 Å². The van der Waals surface area contributed by atoms with Crippen LogP contribution in [0.2, 0.25) is 0 Å². The Bertz CT molecular complexity index is 374. The average molecular weight is 197 g/mol. The van der Waals surface area contributed by atoms with Gasteiger partial charge in [0.2, 0.25) is 0 Å². The third-order valence-corrected chi connectivity index (χ3v) is 3.07. The highest BCUT2D eigenvalue weighted by atomic mass is 32.2. The molecule has 0 spiro atoms. The van der Waals surface area contributed by atoms with Crippen molar-refractivity contribution in [2.45, 2.75) is 17.9 Å². The highest BCUT2D eigenvalue weighted by molar-refractivity contribution is 7.98. The Morgan fingerprint density at radius 1 is 1.54 bits per heavy atom. The maximum Gasteiger partial charge on any atom is 0.345 e. The molecule has 0 aliphatic carbocycles. The van der Waals surface area contributed by atoms with Crippen molar-refractivity contribution in [2.24, 2.45) is 5.73 Å². The molecule has 2 heterocycles. The second kappa shape index (κ2) is 3.51. The molecule has 13 heavy (non-hydrogen) atoms. The van der Waals surface area contributed by atoms with Crippen LogP contribution in [-0.2, 0) is 17.9 Å². The topological polar surface area (TPSA) is 71.8 Å². The van der Waals surface area contributed by atoms with Crippen LogP contribution in [0.3, 0.4) is 0 Å². The van der Waals surface area contributed by atoms with E-state index < -0.39 is 0 Å². The molecule has 1 aromatic heterocycles. The van der Waals surface area contributed by atoms with Crippen molar-refractivity contribution in [1.29, 1.82) is 0 Å². The Morgan fingerprint density at radius 2 is 2.38 bits per heavy atom. The molecule has 0 saturated carbocycles. The Balaban J connectivity index is 2.49. The number of hydrogen-bond acceptors (Lipinski definition) is 4. The Morgan fingerprint density at radius 3 is 3.15 bits per heavy atom. The second-order valence-corrected chi connectivity index (χ2v) is 3.96. The Kier molecular flexibility index (Phi) is 2.37. The maximum atomic E-state index is 11.1. The predicted octanol–water partition coefficient (Wildman–Crippen LogP) is 0.0179. The van der Waals surface area contributed by atoms with E-state index in [1.807, 2.05) is 0 Å². The Labute approximate surface area is 79.9 Å². The lowest BCUT2D eigenvalue weighted by atomic mass is 10.1. The van der Waals surface area contributed by atoms with Gasteiger partial charge in [-0.1, -0.05) is 0 Å². The van der Waals surface area contributed by atoms with Crippen molar-refractivity contribution < 1.29 is 0 Å². The van der Waals surface area contributed by atoms with Crippen molar-refractivity contribution in [2.75, 3.05) is 6.54 Å². The quantitative estimate of drug-likeness (QED) is 0.701. The van der Waals surface area contributed by atoms with E-state index in [0.29, 0.717) is 13.0 Å². The van der Waals surface area contributed by atoms with E-state index in [0.717, 1.165) is 22.9 Å². The lowest BCUT2D eigenvalue weighted by molar-refractivity contribution is 0.860. The van der Waals surface area contributed by atoms with Gasteiger partial charge in [0, 0.05) is 29.2 Å². The van der Waals surface area contributed by atoms with E-state index >= 15 is 0 Å². The number of H-pyrrole nitrogens is 1. The van der Waals surface area contributed by atoms with E-state index in [9.17, 15) is 4.79 Å². The molecule has 0 amide bonds. The number of nitrogens with two attached hydrogens (primary N) is 1. The fraction of sp³-hybridized carbons (Fsp3) is 0.500. The molecule has 1 aromatic rings. The summed E-state index contributed by atoms with van der Waals surface area (Å²) in [5.41, 5.74) is 8.31. The van der Waals surface area contributed by atoms with Gasteiger partial charge in [0.05, 0.1) is 5.69 Å². The Hall–Kier alpha value is -0.810. The van der Waals surface area contributed by atoms with Crippen LogP contribution < -0.4 is 11.4 Å². The normalized spacial score (nSPS) is 14.5. The van der Waals surface area contributed by atoms with Gasteiger partial charge >= 0.3 is 5.69 Å². The second-order valence-electron chi connectivity index (χ2n) is 2.98. The molecule has 3 N–H and O–H groups in total. The van der Waals surface area contributed by atoms with Gasteiger partial charge in [-0.15, -0.1) is 0 Å². The molecular weight excluding hydrogens is 186 g/mol. The number of hydrogen-bond donors (Lipinski definition) is 2. The van der Waals surface area contributed by atoms with E-state index in [2.05, 4.69) is 9.97 Å². The number of nitrogens with one attached hydrogen (secondary N) is 1. The van der Waals surface area contributed by atoms with Gasteiger partial charge in [-0.2, -0.15) is 16.7 Å². The third-order valence-electron chi connectivity index (χ3n) is 2.08. The zero-order valence-electron chi connectivity index (χ0n) is 7.17. The number of nitrogens with zero attached hydrogens (tertiary/aromatic N) is 1. The van der Waals surface area contributed by atoms with E-state index in [-0.39, 0.29) is 5.69 Å². The summed E-state index contributed by atoms with van der Waals surface area (Å²) in [5, 5.41) is 0. The molecule has 1 aliphatic rings. The third kappa shape index (κ3) is 1.62. The van der Waals surface area contributed by atoms with Gasteiger partial charge in [-0.3, -0.25) is 0 Å². The number of rotatable bonds is 2. The summed E-state index contributed by atoms with van der Waals surface area (Å²) in [6.07, 6.45) is 0.701. The first kappa shape index (κ1) is 8.77. The number of fused-ring (bicyclic) bond motifs is 1. The lowest BCUT2D eigenvalue weighted by Gasteiger charge is -2.03. The van der Waals surface area contributed by atoms with Crippen LogP contribution in [0.15, 0.2) is 4.79 Å². The van der Waals surface area contributed by atoms with Crippen LogP contribution in [0.5, 0.6) is 0 Å². The van der Waals surface area contributed by atoms with Crippen molar-refractivity contribution in [3.8, 4) is 0 Å². The number of aromatic nitrogens is 2. The highest BCUT2D eigenvalue weighted by Crippen LogP contribution is 2.28. The molecule has 0 radical (unpaired) electrons. The molecular formula is C8H11N3OS.